The van der Waals surface area contributed by atoms with Gasteiger partial charge in [-0.05, 0) is 25.7 Å². The summed E-state index contributed by atoms with van der Waals surface area (Å²) >= 11 is 0. The molecule has 0 radical (unpaired) electrons. The van der Waals surface area contributed by atoms with E-state index in [0.717, 1.165) is 0 Å². The lowest BCUT2D eigenvalue weighted by atomic mass is 10.2. The fourth-order valence-corrected chi connectivity index (χ4v) is 21.2. The Morgan fingerprint density at radius 3 is 0.767 bits per heavy atom. The van der Waals surface area contributed by atoms with E-state index in [2.05, 4.69) is 28.0 Å². The van der Waals surface area contributed by atoms with Gasteiger partial charge in [-0.1, -0.05) is 12.8 Å². The van der Waals surface area contributed by atoms with Crippen LogP contribution < -0.4 is 0 Å². The molecule has 7 aliphatic heterocycles. The summed E-state index contributed by atoms with van der Waals surface area (Å²) in [5.41, 5.74) is 0. The Kier molecular flexibility index (Phi) is 4.79. The first kappa shape index (κ1) is 19.9. The van der Waals surface area contributed by atoms with Gasteiger partial charge in [0.2, 0.25) is 22.5 Å². The minimum absolute atomic E-state index is 1.19. The highest BCUT2D eigenvalue weighted by atomic mass is 31.3. The van der Waals surface area contributed by atoms with Gasteiger partial charge in [-0.2, -0.15) is 13.5 Å². The van der Waals surface area contributed by atoms with Crippen molar-refractivity contribution in [3.63, 3.8) is 0 Å². The molecule has 6 fully saturated rings. The third-order valence-corrected chi connectivity index (χ3v) is 20.1. The fraction of sp³-hybridized carbons (Fsp3) is 1.00. The lowest BCUT2D eigenvalue weighted by Crippen LogP contribution is -2.37. The predicted molar refractivity (Wildman–Crippen MR) is 125 cm³/mol. The normalized spacial score (nSPS) is 36.4. The number of nitrogens with zero attached hydrogens (tertiary/aromatic N) is 9. The van der Waals surface area contributed by atoms with Gasteiger partial charge in [-0.15, -0.1) is 0 Å². The first-order valence-corrected chi connectivity index (χ1v) is 17.0. The van der Waals surface area contributed by atoms with E-state index in [1.807, 2.05) is 0 Å². The highest BCUT2D eigenvalue weighted by Crippen LogP contribution is 2.86. The average molecular weight is 471 g/mol. The van der Waals surface area contributed by atoms with Crippen molar-refractivity contribution >= 4 is 22.5 Å². The van der Waals surface area contributed by atoms with Gasteiger partial charge in [0, 0.05) is 78.5 Å². The number of piperidine rings is 2. The molecule has 0 spiro atoms. The summed E-state index contributed by atoms with van der Waals surface area (Å²) in [5, 5.41) is 0. The van der Waals surface area contributed by atoms with E-state index < -0.39 is 22.5 Å². The van der Waals surface area contributed by atoms with Gasteiger partial charge < -0.3 is 0 Å². The maximum atomic E-state index is 6.00. The molecule has 168 valence electrons. The molecule has 7 heterocycles. The Morgan fingerprint density at radius 2 is 0.533 bits per heavy atom. The Bertz CT molecular complexity index is 794. The van der Waals surface area contributed by atoms with Crippen LogP contribution in [0.2, 0.25) is 0 Å². The van der Waals surface area contributed by atoms with Crippen LogP contribution in [-0.2, 0) is 0 Å². The smallest absolute Gasteiger partial charge is 0.221 e. The average Bonchev–Trinajstić information content (AvgIpc) is 3.62. The molecule has 0 aliphatic carbocycles. The van der Waals surface area contributed by atoms with E-state index in [4.69, 9.17) is 13.5 Å². The molecule has 12 heteroatoms. The second-order valence-electron chi connectivity index (χ2n) is 9.72. The lowest BCUT2D eigenvalue weighted by Gasteiger charge is -2.48. The molecule has 0 aromatic heterocycles. The van der Waals surface area contributed by atoms with Gasteiger partial charge >= 0.3 is 0 Å². The molecule has 0 aromatic carbocycles. The first-order valence-electron chi connectivity index (χ1n) is 12.2. The van der Waals surface area contributed by atoms with Gasteiger partial charge in [-0.3, -0.25) is 0 Å². The molecule has 0 bridgehead atoms. The molecule has 0 aromatic rings. The van der Waals surface area contributed by atoms with Gasteiger partial charge in [0.25, 0.3) is 0 Å². The van der Waals surface area contributed by atoms with Gasteiger partial charge in [0.15, 0.2) is 0 Å². The van der Waals surface area contributed by atoms with Gasteiger partial charge in [0.1, 0.15) is 0 Å². The van der Waals surface area contributed by atoms with Crippen molar-refractivity contribution in [3.05, 3.63) is 0 Å². The second kappa shape index (κ2) is 7.22. The zero-order chi connectivity index (χ0) is 19.8. The van der Waals surface area contributed by atoms with Crippen molar-refractivity contribution in [2.24, 2.45) is 13.5 Å². The molecule has 7 rings (SSSR count). The maximum Gasteiger partial charge on any atom is 0.221 e. The van der Waals surface area contributed by atoms with Crippen LogP contribution in [0.3, 0.4) is 0 Å². The first-order chi connectivity index (χ1) is 14.8. The zero-order valence-corrected chi connectivity index (χ0v) is 20.8. The lowest BCUT2D eigenvalue weighted by molar-refractivity contribution is 0.304. The van der Waals surface area contributed by atoms with E-state index in [1.165, 1.54) is 117 Å². The molecule has 0 saturated carbocycles. The summed E-state index contributed by atoms with van der Waals surface area (Å²) < 4.78 is 34.1. The van der Waals surface area contributed by atoms with Gasteiger partial charge in [0.05, 0.1) is 0 Å². The summed E-state index contributed by atoms with van der Waals surface area (Å²) in [7, 11) is -6.01. The number of rotatable bonds is 6. The Labute approximate surface area is 181 Å². The highest BCUT2D eigenvalue weighted by molar-refractivity contribution is 7.83. The molecular formula is C18H36N9P3. The van der Waals surface area contributed by atoms with Crippen molar-refractivity contribution in [1.82, 2.24) is 28.0 Å². The van der Waals surface area contributed by atoms with Crippen LogP contribution in [0.1, 0.15) is 38.5 Å². The Balaban J connectivity index is 1.49. The molecule has 0 amide bonds. The van der Waals surface area contributed by atoms with Crippen LogP contribution in [0.15, 0.2) is 13.5 Å². The summed E-state index contributed by atoms with van der Waals surface area (Å²) in [6.07, 6.45) is 8.01. The van der Waals surface area contributed by atoms with Crippen LogP contribution in [0.4, 0.5) is 0 Å². The van der Waals surface area contributed by atoms with E-state index in [9.17, 15) is 0 Å². The van der Waals surface area contributed by atoms with E-state index in [-0.39, 0.29) is 0 Å². The van der Waals surface area contributed by atoms with Crippen LogP contribution >= 0.6 is 22.5 Å². The Morgan fingerprint density at radius 1 is 0.300 bits per heavy atom. The van der Waals surface area contributed by atoms with Crippen molar-refractivity contribution in [1.29, 1.82) is 0 Å². The highest BCUT2D eigenvalue weighted by Gasteiger charge is 2.58. The van der Waals surface area contributed by atoms with Crippen molar-refractivity contribution < 1.29 is 0 Å². The molecule has 0 atom stereocenters. The maximum absolute atomic E-state index is 6.00. The molecule has 0 N–H and O–H groups in total. The summed E-state index contributed by atoms with van der Waals surface area (Å²) in [6, 6.07) is 0. The second-order valence-corrected chi connectivity index (χ2v) is 18.5. The molecule has 0 unspecified atom stereocenters. The van der Waals surface area contributed by atoms with E-state index >= 15 is 0 Å². The topological polar surface area (TPSA) is 55.6 Å². The van der Waals surface area contributed by atoms with E-state index in [0.29, 0.717) is 0 Å². The SMILES string of the molecule is C1CCN(P2(N3CCCCC3)=NP(N3CC3)(N3CC3)=NP(N3CC3)(N3CC3)=N2)CC1. The summed E-state index contributed by atoms with van der Waals surface area (Å²) in [4.78, 5) is 0. The zero-order valence-electron chi connectivity index (χ0n) is 18.1. The number of hydrogen-bond acceptors (Lipinski definition) is 9. The third kappa shape index (κ3) is 3.15. The minimum atomic E-state index is -2.08. The van der Waals surface area contributed by atoms with Crippen LogP contribution in [0.25, 0.3) is 0 Å². The quantitative estimate of drug-likeness (QED) is 0.430. The third-order valence-electron chi connectivity index (χ3n) is 7.36. The molecule has 7 aliphatic rings. The van der Waals surface area contributed by atoms with Crippen molar-refractivity contribution in [2.45, 2.75) is 38.5 Å². The van der Waals surface area contributed by atoms with Crippen molar-refractivity contribution in [3.8, 4) is 0 Å². The summed E-state index contributed by atoms with van der Waals surface area (Å²) in [6.45, 7) is 14.3. The van der Waals surface area contributed by atoms with Crippen LogP contribution in [-0.4, -0.2) is 107 Å². The van der Waals surface area contributed by atoms with Crippen LogP contribution in [0, 0.1) is 0 Å². The number of hydrogen-bond donors (Lipinski definition) is 0. The van der Waals surface area contributed by atoms with Gasteiger partial charge in [-0.25, -0.2) is 28.0 Å². The largest absolute Gasteiger partial charge is 0.240 e. The predicted octanol–water partition coefficient (Wildman–Crippen LogP) is 4.07. The van der Waals surface area contributed by atoms with Crippen molar-refractivity contribution in [2.75, 3.05) is 78.5 Å². The molecular weight excluding hydrogens is 435 g/mol. The standard InChI is InChI=1S/C18H36N9P3/c1-3-7-22(8-4-1)28(23-9-5-2-6-10-23)19-29(24-11-12-24,25-13-14-25)21-30(20-28,26-15-16-26)27-17-18-27/h1-18H2. The fourth-order valence-electron chi connectivity index (χ4n) is 5.30. The minimum Gasteiger partial charge on any atom is -0.240 e. The van der Waals surface area contributed by atoms with Crippen LogP contribution in [0.5, 0.6) is 0 Å². The Hall–Kier alpha value is 0.450. The monoisotopic (exact) mass is 471 g/mol. The molecule has 6 saturated heterocycles. The van der Waals surface area contributed by atoms with E-state index in [1.54, 1.807) is 0 Å². The molecule has 30 heavy (non-hydrogen) atoms. The summed E-state index contributed by atoms with van der Waals surface area (Å²) in [5.74, 6) is 0. The molecule has 9 nitrogen and oxygen atoms in total.